The number of nitrogens with zero attached hydrogens (tertiary/aromatic N) is 2. The number of rotatable bonds is 1. The first-order valence-electron chi connectivity index (χ1n) is 8.62. The van der Waals surface area contributed by atoms with Crippen molar-refractivity contribution in [1.29, 1.82) is 0 Å². The number of likely N-dealkylation sites (tertiary alicyclic amines) is 1. The van der Waals surface area contributed by atoms with E-state index in [9.17, 15) is 14.7 Å². The Hall–Kier alpha value is -2.41. The molecule has 2 aromatic rings. The third-order valence-corrected chi connectivity index (χ3v) is 5.35. The van der Waals surface area contributed by atoms with Gasteiger partial charge in [-0.3, -0.25) is 9.59 Å². The van der Waals surface area contributed by atoms with E-state index in [1.165, 1.54) is 0 Å². The lowest BCUT2D eigenvalue weighted by molar-refractivity contribution is -0.147. The molecule has 2 aliphatic rings. The molecule has 4 rings (SSSR count). The molecule has 7 nitrogen and oxygen atoms in total. The third-order valence-electron chi connectivity index (χ3n) is 5.35. The number of amides is 2. The van der Waals surface area contributed by atoms with Crippen LogP contribution in [0.5, 0.6) is 0 Å². The summed E-state index contributed by atoms with van der Waals surface area (Å²) >= 11 is 0. The van der Waals surface area contributed by atoms with Crippen LogP contribution in [0.3, 0.4) is 0 Å². The van der Waals surface area contributed by atoms with Crippen molar-refractivity contribution in [3.63, 3.8) is 0 Å². The van der Waals surface area contributed by atoms with Gasteiger partial charge >= 0.3 is 0 Å². The molecule has 1 spiro atoms. The highest BCUT2D eigenvalue weighted by molar-refractivity contribution is 5.97. The Morgan fingerprint density at radius 1 is 1.48 bits per heavy atom. The number of nitrogens with one attached hydrogen (secondary N) is 1. The smallest absolute Gasteiger partial charge is 0.254 e. The first-order chi connectivity index (χ1) is 12.0. The number of carbonyl (C=O) groups is 2. The lowest BCUT2D eigenvalue weighted by Gasteiger charge is -2.46. The highest BCUT2D eigenvalue weighted by atomic mass is 16.3. The highest BCUT2D eigenvalue weighted by Gasteiger charge is 2.50. The van der Waals surface area contributed by atoms with Gasteiger partial charge in [-0.25, -0.2) is 4.98 Å². The lowest BCUT2D eigenvalue weighted by atomic mass is 9.71. The molecule has 132 valence electrons. The van der Waals surface area contributed by atoms with Gasteiger partial charge in [0.2, 0.25) is 5.91 Å². The van der Waals surface area contributed by atoms with Crippen LogP contribution in [0.4, 0.5) is 0 Å². The van der Waals surface area contributed by atoms with Gasteiger partial charge in [0.25, 0.3) is 5.91 Å². The fraction of sp³-hybridized carbons (Fsp3) is 0.500. The highest BCUT2D eigenvalue weighted by Crippen LogP contribution is 2.37. The van der Waals surface area contributed by atoms with Crippen molar-refractivity contribution in [3.8, 4) is 0 Å². The van der Waals surface area contributed by atoms with E-state index in [2.05, 4.69) is 10.3 Å². The first kappa shape index (κ1) is 16.1. The van der Waals surface area contributed by atoms with Crippen LogP contribution in [-0.2, 0) is 4.79 Å². The quantitative estimate of drug-likeness (QED) is 0.812. The van der Waals surface area contributed by atoms with E-state index in [1.54, 1.807) is 30.0 Å². The molecule has 25 heavy (non-hydrogen) atoms. The lowest BCUT2D eigenvalue weighted by Crippen LogP contribution is -2.62. The van der Waals surface area contributed by atoms with E-state index in [1.807, 2.05) is 0 Å². The van der Waals surface area contributed by atoms with Crippen molar-refractivity contribution in [2.24, 2.45) is 5.41 Å². The van der Waals surface area contributed by atoms with E-state index in [-0.39, 0.29) is 18.4 Å². The first-order valence-corrected chi connectivity index (χ1v) is 8.62. The number of aliphatic hydroxyl groups excluding tert-OH is 1. The summed E-state index contributed by atoms with van der Waals surface area (Å²) in [5.74, 6) is 0.254. The molecule has 0 unspecified atom stereocenters. The topological polar surface area (TPSA) is 95.7 Å². The fourth-order valence-electron chi connectivity index (χ4n) is 3.97. The maximum absolute atomic E-state index is 12.9. The summed E-state index contributed by atoms with van der Waals surface area (Å²) in [5.41, 5.74) is 0.905. The normalized spacial score (nSPS) is 26.9. The Morgan fingerprint density at radius 3 is 3.12 bits per heavy atom. The predicted octanol–water partition coefficient (Wildman–Crippen LogP) is 1.24. The van der Waals surface area contributed by atoms with Crippen LogP contribution in [-0.4, -0.2) is 52.5 Å². The molecule has 2 atom stereocenters. The van der Waals surface area contributed by atoms with Crippen molar-refractivity contribution in [2.45, 2.75) is 32.3 Å². The van der Waals surface area contributed by atoms with E-state index in [4.69, 9.17) is 4.42 Å². The van der Waals surface area contributed by atoms with Gasteiger partial charge in [0.1, 0.15) is 5.52 Å². The van der Waals surface area contributed by atoms with E-state index >= 15 is 0 Å². The zero-order valence-electron chi connectivity index (χ0n) is 14.1. The van der Waals surface area contributed by atoms with Gasteiger partial charge in [-0.1, -0.05) is 0 Å². The Morgan fingerprint density at radius 2 is 2.32 bits per heavy atom. The van der Waals surface area contributed by atoms with Crippen LogP contribution < -0.4 is 5.32 Å². The van der Waals surface area contributed by atoms with Crippen LogP contribution in [0.1, 0.15) is 35.5 Å². The standard InChI is InChI=1S/C18H21N3O4/c1-11-20-13-4-3-12(9-14(13)25-11)16(23)21-8-5-15(22)18(10-21)6-2-7-19-17(18)24/h3-4,9,15,22H,2,5-8,10H2,1H3,(H,19,24)/t15-,18-/m1/s1. The molecule has 2 amide bonds. The molecule has 2 saturated heterocycles. The molecule has 0 bridgehead atoms. The van der Waals surface area contributed by atoms with Gasteiger partial charge in [-0.15, -0.1) is 0 Å². The Bertz CT molecular complexity index is 846. The number of piperidine rings is 2. The number of aryl methyl sites for hydroxylation is 1. The van der Waals surface area contributed by atoms with Gasteiger partial charge in [0.05, 0.1) is 11.5 Å². The minimum absolute atomic E-state index is 0.148. The second-order valence-electron chi connectivity index (χ2n) is 6.96. The summed E-state index contributed by atoms with van der Waals surface area (Å²) < 4.78 is 5.50. The predicted molar refractivity (Wildman–Crippen MR) is 90.0 cm³/mol. The van der Waals surface area contributed by atoms with Gasteiger partial charge in [-0.05, 0) is 37.5 Å². The SMILES string of the molecule is Cc1nc2ccc(C(=O)N3CC[C@@H](O)[C@@]4(CCCNC4=O)C3)cc2o1. The number of aromatic nitrogens is 1. The third kappa shape index (κ3) is 2.59. The number of aliphatic hydroxyl groups is 1. The second kappa shape index (κ2) is 5.84. The summed E-state index contributed by atoms with van der Waals surface area (Å²) in [5, 5.41) is 13.3. The van der Waals surface area contributed by atoms with Crippen molar-refractivity contribution in [3.05, 3.63) is 29.7 Å². The summed E-state index contributed by atoms with van der Waals surface area (Å²) in [6.45, 7) is 3.07. The van der Waals surface area contributed by atoms with Crippen LogP contribution in [0, 0.1) is 12.3 Å². The minimum atomic E-state index is -0.890. The van der Waals surface area contributed by atoms with E-state index in [0.29, 0.717) is 48.5 Å². The van der Waals surface area contributed by atoms with E-state index < -0.39 is 11.5 Å². The molecule has 0 radical (unpaired) electrons. The van der Waals surface area contributed by atoms with Crippen LogP contribution >= 0.6 is 0 Å². The molecule has 0 aliphatic carbocycles. The van der Waals surface area contributed by atoms with Crippen LogP contribution in [0.25, 0.3) is 11.1 Å². The summed E-state index contributed by atoms with van der Waals surface area (Å²) in [4.78, 5) is 31.3. The number of carbonyl (C=O) groups excluding carboxylic acids is 2. The minimum Gasteiger partial charge on any atom is -0.441 e. The average molecular weight is 343 g/mol. The summed E-state index contributed by atoms with van der Waals surface area (Å²) in [7, 11) is 0. The largest absolute Gasteiger partial charge is 0.441 e. The number of benzene rings is 1. The fourth-order valence-corrected chi connectivity index (χ4v) is 3.97. The molecule has 2 aliphatic heterocycles. The van der Waals surface area contributed by atoms with Crippen molar-refractivity contribution >= 4 is 22.9 Å². The number of fused-ring (bicyclic) bond motifs is 1. The van der Waals surface area contributed by atoms with Crippen LogP contribution in [0.15, 0.2) is 22.6 Å². The van der Waals surface area contributed by atoms with Crippen molar-refractivity contribution in [2.75, 3.05) is 19.6 Å². The van der Waals surface area contributed by atoms with Gasteiger partial charge in [-0.2, -0.15) is 0 Å². The Kier molecular flexibility index (Phi) is 3.76. The van der Waals surface area contributed by atoms with Crippen molar-refractivity contribution in [1.82, 2.24) is 15.2 Å². The summed E-state index contributed by atoms with van der Waals surface area (Å²) in [6.07, 6.45) is 1.11. The molecule has 1 aromatic heterocycles. The number of oxazole rings is 1. The molecule has 7 heteroatoms. The van der Waals surface area contributed by atoms with Gasteiger partial charge < -0.3 is 19.7 Å². The number of hydrogen-bond donors (Lipinski definition) is 2. The van der Waals surface area contributed by atoms with E-state index in [0.717, 1.165) is 6.42 Å². The van der Waals surface area contributed by atoms with Gasteiger partial charge in [0, 0.05) is 32.1 Å². The zero-order valence-corrected chi connectivity index (χ0v) is 14.1. The Labute approximate surface area is 145 Å². The molecule has 2 fully saturated rings. The maximum atomic E-state index is 12.9. The monoisotopic (exact) mass is 343 g/mol. The summed E-state index contributed by atoms with van der Waals surface area (Å²) in [6, 6.07) is 5.18. The molecule has 0 saturated carbocycles. The molecule has 2 N–H and O–H groups in total. The maximum Gasteiger partial charge on any atom is 0.254 e. The molecular weight excluding hydrogens is 322 g/mol. The molecule has 3 heterocycles. The van der Waals surface area contributed by atoms with Gasteiger partial charge in [0.15, 0.2) is 11.5 Å². The van der Waals surface area contributed by atoms with Crippen molar-refractivity contribution < 1.29 is 19.1 Å². The molecule has 1 aromatic carbocycles. The Balaban J connectivity index is 1.61. The van der Waals surface area contributed by atoms with Crippen LogP contribution in [0.2, 0.25) is 0 Å². The second-order valence-corrected chi connectivity index (χ2v) is 6.96. The average Bonchev–Trinajstić information content (AvgIpc) is 2.98. The number of hydrogen-bond acceptors (Lipinski definition) is 5. The molecular formula is C18H21N3O4. The zero-order chi connectivity index (χ0) is 17.6.